The van der Waals surface area contributed by atoms with Gasteiger partial charge in [0.05, 0.1) is 0 Å². The standard InChI is InChI=1S/C20H24F2N4O2/c1-13(2)8-20(27)26-7-6-25(11-14(26)3)18-10-19(24-12-23-18)28-15-4-5-16(21)17(22)9-15/h4-5,9-10,12-14H,6-8,11H2,1-3H3/t14-/m0/s1. The first-order valence-electron chi connectivity index (χ1n) is 9.33. The molecule has 1 fully saturated rings. The fourth-order valence-electron chi connectivity index (χ4n) is 3.22. The molecule has 2 heterocycles. The van der Waals surface area contributed by atoms with Crippen LogP contribution in [-0.4, -0.2) is 46.5 Å². The molecule has 1 aliphatic heterocycles. The molecule has 1 aliphatic rings. The SMILES string of the molecule is CC(C)CC(=O)N1CCN(c2cc(Oc3ccc(F)c(F)c3)ncn2)C[C@@H]1C. The van der Waals surface area contributed by atoms with Gasteiger partial charge in [0, 0.05) is 44.2 Å². The Bertz CT molecular complexity index is 847. The first kappa shape index (κ1) is 20.0. The van der Waals surface area contributed by atoms with E-state index in [4.69, 9.17) is 4.74 Å². The molecule has 1 atom stereocenters. The minimum absolute atomic E-state index is 0.0607. The smallest absolute Gasteiger partial charge is 0.224 e. The number of anilines is 1. The van der Waals surface area contributed by atoms with E-state index in [0.29, 0.717) is 37.8 Å². The fourth-order valence-corrected chi connectivity index (χ4v) is 3.22. The first-order chi connectivity index (χ1) is 13.3. The summed E-state index contributed by atoms with van der Waals surface area (Å²) in [7, 11) is 0. The third-order valence-corrected chi connectivity index (χ3v) is 4.60. The lowest BCUT2D eigenvalue weighted by Gasteiger charge is -2.40. The summed E-state index contributed by atoms with van der Waals surface area (Å²) in [5.41, 5.74) is 0. The molecule has 0 saturated carbocycles. The van der Waals surface area contributed by atoms with E-state index in [9.17, 15) is 13.6 Å². The van der Waals surface area contributed by atoms with Crippen molar-refractivity contribution < 1.29 is 18.3 Å². The molecule has 2 aromatic rings. The van der Waals surface area contributed by atoms with Crippen LogP contribution in [0.4, 0.5) is 14.6 Å². The number of aromatic nitrogens is 2. The van der Waals surface area contributed by atoms with Gasteiger partial charge >= 0.3 is 0 Å². The summed E-state index contributed by atoms with van der Waals surface area (Å²) >= 11 is 0. The molecule has 3 rings (SSSR count). The summed E-state index contributed by atoms with van der Waals surface area (Å²) in [6.07, 6.45) is 1.91. The molecule has 8 heteroatoms. The van der Waals surface area contributed by atoms with Gasteiger partial charge in [-0.05, 0) is 25.0 Å². The van der Waals surface area contributed by atoms with Crippen LogP contribution in [0.15, 0.2) is 30.6 Å². The Hall–Kier alpha value is -2.77. The summed E-state index contributed by atoms with van der Waals surface area (Å²) in [4.78, 5) is 24.7. The maximum absolute atomic E-state index is 13.3. The Balaban J connectivity index is 1.67. The van der Waals surface area contributed by atoms with E-state index in [-0.39, 0.29) is 23.6 Å². The number of amides is 1. The topological polar surface area (TPSA) is 58.6 Å². The minimum atomic E-state index is -0.984. The first-order valence-corrected chi connectivity index (χ1v) is 9.33. The van der Waals surface area contributed by atoms with E-state index < -0.39 is 11.6 Å². The number of carbonyl (C=O) groups is 1. The minimum Gasteiger partial charge on any atom is -0.439 e. The predicted molar refractivity (Wildman–Crippen MR) is 101 cm³/mol. The van der Waals surface area contributed by atoms with Gasteiger partial charge in [-0.3, -0.25) is 4.79 Å². The Morgan fingerprint density at radius 2 is 2.00 bits per heavy atom. The van der Waals surface area contributed by atoms with Crippen LogP contribution in [0.3, 0.4) is 0 Å². The number of piperazine rings is 1. The highest BCUT2D eigenvalue weighted by Gasteiger charge is 2.28. The number of hydrogen-bond acceptors (Lipinski definition) is 5. The average Bonchev–Trinajstić information content (AvgIpc) is 2.64. The molecule has 0 N–H and O–H groups in total. The highest BCUT2D eigenvalue weighted by atomic mass is 19.2. The Kier molecular flexibility index (Phi) is 6.06. The van der Waals surface area contributed by atoms with Crippen LogP contribution < -0.4 is 9.64 Å². The lowest BCUT2D eigenvalue weighted by atomic mass is 10.1. The molecule has 0 unspecified atom stereocenters. The van der Waals surface area contributed by atoms with Gasteiger partial charge in [0.1, 0.15) is 17.9 Å². The maximum Gasteiger partial charge on any atom is 0.224 e. The maximum atomic E-state index is 13.3. The normalized spacial score (nSPS) is 17.1. The largest absolute Gasteiger partial charge is 0.439 e. The molecule has 28 heavy (non-hydrogen) atoms. The summed E-state index contributed by atoms with van der Waals surface area (Å²) in [5, 5.41) is 0. The second-order valence-corrected chi connectivity index (χ2v) is 7.37. The van der Waals surface area contributed by atoms with Crippen molar-refractivity contribution >= 4 is 11.7 Å². The van der Waals surface area contributed by atoms with Crippen LogP contribution in [0.5, 0.6) is 11.6 Å². The van der Waals surface area contributed by atoms with Gasteiger partial charge in [-0.15, -0.1) is 0 Å². The zero-order valence-corrected chi connectivity index (χ0v) is 16.2. The van der Waals surface area contributed by atoms with Gasteiger partial charge in [-0.2, -0.15) is 0 Å². The molecule has 1 saturated heterocycles. The molecule has 0 radical (unpaired) electrons. The molecular formula is C20H24F2N4O2. The lowest BCUT2D eigenvalue weighted by Crippen LogP contribution is -2.54. The molecule has 0 spiro atoms. The lowest BCUT2D eigenvalue weighted by molar-refractivity contribution is -0.134. The molecule has 0 aliphatic carbocycles. The number of halogens is 2. The number of carbonyl (C=O) groups excluding carboxylic acids is 1. The number of rotatable bonds is 5. The van der Waals surface area contributed by atoms with Crippen LogP contribution >= 0.6 is 0 Å². The van der Waals surface area contributed by atoms with Crippen LogP contribution in [-0.2, 0) is 4.79 Å². The second kappa shape index (κ2) is 8.50. The molecule has 1 amide bonds. The average molecular weight is 390 g/mol. The van der Waals surface area contributed by atoms with E-state index in [1.165, 1.54) is 12.4 Å². The van der Waals surface area contributed by atoms with Crippen molar-refractivity contribution in [3.05, 3.63) is 42.2 Å². The number of benzene rings is 1. The Morgan fingerprint density at radius 1 is 1.21 bits per heavy atom. The summed E-state index contributed by atoms with van der Waals surface area (Å²) in [5.74, 6) is -0.362. The fraction of sp³-hybridized carbons (Fsp3) is 0.450. The second-order valence-electron chi connectivity index (χ2n) is 7.37. The van der Waals surface area contributed by atoms with E-state index in [2.05, 4.69) is 14.9 Å². The van der Waals surface area contributed by atoms with Gasteiger partial charge in [0.25, 0.3) is 0 Å². The number of ether oxygens (including phenoxy) is 1. The van der Waals surface area contributed by atoms with E-state index in [1.807, 2.05) is 25.7 Å². The Morgan fingerprint density at radius 3 is 2.68 bits per heavy atom. The zero-order chi connectivity index (χ0) is 20.3. The van der Waals surface area contributed by atoms with E-state index in [0.717, 1.165) is 12.1 Å². The molecule has 1 aromatic heterocycles. The van der Waals surface area contributed by atoms with Crippen molar-refractivity contribution in [2.24, 2.45) is 5.92 Å². The van der Waals surface area contributed by atoms with Crippen molar-refractivity contribution in [2.75, 3.05) is 24.5 Å². The molecule has 150 valence electrons. The third-order valence-electron chi connectivity index (χ3n) is 4.60. The third kappa shape index (κ3) is 4.74. The van der Waals surface area contributed by atoms with Crippen LogP contribution in [0.2, 0.25) is 0 Å². The van der Waals surface area contributed by atoms with Crippen molar-refractivity contribution in [1.82, 2.24) is 14.9 Å². The van der Waals surface area contributed by atoms with Crippen LogP contribution in [0, 0.1) is 17.6 Å². The molecular weight excluding hydrogens is 366 g/mol. The summed E-state index contributed by atoms with van der Waals surface area (Å²) in [6.45, 7) is 8.00. The van der Waals surface area contributed by atoms with Crippen LogP contribution in [0.1, 0.15) is 27.2 Å². The zero-order valence-electron chi connectivity index (χ0n) is 16.2. The van der Waals surface area contributed by atoms with E-state index >= 15 is 0 Å². The van der Waals surface area contributed by atoms with Gasteiger partial charge < -0.3 is 14.5 Å². The van der Waals surface area contributed by atoms with Crippen molar-refractivity contribution in [3.63, 3.8) is 0 Å². The number of hydrogen-bond donors (Lipinski definition) is 0. The highest BCUT2D eigenvalue weighted by Crippen LogP contribution is 2.25. The number of nitrogens with zero attached hydrogens (tertiary/aromatic N) is 4. The Labute approximate surface area is 163 Å². The monoisotopic (exact) mass is 390 g/mol. The van der Waals surface area contributed by atoms with Gasteiger partial charge in [0.2, 0.25) is 11.8 Å². The van der Waals surface area contributed by atoms with E-state index in [1.54, 1.807) is 6.07 Å². The summed E-state index contributed by atoms with van der Waals surface area (Å²) < 4.78 is 31.9. The molecule has 6 nitrogen and oxygen atoms in total. The highest BCUT2D eigenvalue weighted by molar-refractivity contribution is 5.77. The van der Waals surface area contributed by atoms with Crippen molar-refractivity contribution in [3.8, 4) is 11.6 Å². The quantitative estimate of drug-likeness (QED) is 0.780. The van der Waals surface area contributed by atoms with Gasteiger partial charge in [0.15, 0.2) is 11.6 Å². The van der Waals surface area contributed by atoms with Gasteiger partial charge in [-0.25, -0.2) is 18.7 Å². The van der Waals surface area contributed by atoms with Gasteiger partial charge in [-0.1, -0.05) is 13.8 Å². The molecule has 1 aromatic carbocycles. The van der Waals surface area contributed by atoms with Crippen LogP contribution in [0.25, 0.3) is 0 Å². The van der Waals surface area contributed by atoms with Crippen molar-refractivity contribution in [1.29, 1.82) is 0 Å². The predicted octanol–water partition coefficient (Wildman–Crippen LogP) is 3.63. The summed E-state index contributed by atoms with van der Waals surface area (Å²) in [6, 6.07) is 5.02. The van der Waals surface area contributed by atoms with Crippen molar-refractivity contribution in [2.45, 2.75) is 33.2 Å². The molecule has 0 bridgehead atoms.